The minimum atomic E-state index is 0.682. The Morgan fingerprint density at radius 2 is 2.07 bits per heavy atom. The van der Waals surface area contributed by atoms with Crippen LogP contribution in [0.3, 0.4) is 0 Å². The minimum Gasteiger partial charge on any atom is -0.354 e. The van der Waals surface area contributed by atoms with E-state index in [1.807, 2.05) is 13.2 Å². The van der Waals surface area contributed by atoms with Gasteiger partial charge in [-0.2, -0.15) is 11.8 Å². The number of anilines is 1. The second-order valence-electron chi connectivity index (χ2n) is 7.81. The van der Waals surface area contributed by atoms with Crippen LogP contribution in [0, 0.1) is 5.92 Å². The SMILES string of the molecule is CN=C(NCc1ccnc(N2CCN(C)CC2)c1)N1CCSC(C(C)C)C1. The van der Waals surface area contributed by atoms with Crippen LogP contribution in [0.4, 0.5) is 5.82 Å². The first-order valence-corrected chi connectivity index (χ1v) is 11.1. The zero-order valence-electron chi connectivity index (χ0n) is 17.2. The molecule has 2 aliphatic heterocycles. The summed E-state index contributed by atoms with van der Waals surface area (Å²) in [7, 11) is 4.07. The van der Waals surface area contributed by atoms with Crippen LogP contribution in [-0.4, -0.2) is 85.1 Å². The fraction of sp³-hybridized carbons (Fsp3) is 0.700. The zero-order valence-corrected chi connectivity index (χ0v) is 18.0. The van der Waals surface area contributed by atoms with Crippen molar-refractivity contribution in [2.24, 2.45) is 10.9 Å². The van der Waals surface area contributed by atoms with Crippen LogP contribution in [0.25, 0.3) is 0 Å². The number of hydrogen-bond donors (Lipinski definition) is 1. The van der Waals surface area contributed by atoms with Gasteiger partial charge in [-0.25, -0.2) is 4.98 Å². The van der Waals surface area contributed by atoms with Gasteiger partial charge >= 0.3 is 0 Å². The Kier molecular flexibility index (Phi) is 7.24. The highest BCUT2D eigenvalue weighted by Gasteiger charge is 2.24. The molecule has 0 aromatic carbocycles. The molecule has 2 fully saturated rings. The van der Waals surface area contributed by atoms with Gasteiger partial charge in [0.2, 0.25) is 0 Å². The summed E-state index contributed by atoms with van der Waals surface area (Å²) < 4.78 is 0. The number of likely N-dealkylation sites (N-methyl/N-ethyl adjacent to an activating group) is 1. The molecule has 2 saturated heterocycles. The van der Waals surface area contributed by atoms with E-state index in [1.165, 1.54) is 11.3 Å². The molecule has 1 N–H and O–H groups in total. The molecule has 3 rings (SSSR count). The number of aromatic nitrogens is 1. The van der Waals surface area contributed by atoms with E-state index in [-0.39, 0.29) is 0 Å². The van der Waals surface area contributed by atoms with Crippen LogP contribution in [0.2, 0.25) is 0 Å². The number of thioether (sulfide) groups is 1. The van der Waals surface area contributed by atoms with Gasteiger partial charge in [0.05, 0.1) is 0 Å². The molecule has 1 aromatic heterocycles. The van der Waals surface area contributed by atoms with E-state index in [4.69, 9.17) is 0 Å². The van der Waals surface area contributed by atoms with Crippen LogP contribution in [0.5, 0.6) is 0 Å². The summed E-state index contributed by atoms with van der Waals surface area (Å²) >= 11 is 2.09. The largest absolute Gasteiger partial charge is 0.354 e. The van der Waals surface area contributed by atoms with Crippen molar-refractivity contribution in [2.75, 3.05) is 64.0 Å². The number of pyridine rings is 1. The second-order valence-corrected chi connectivity index (χ2v) is 9.16. The van der Waals surface area contributed by atoms with Gasteiger partial charge in [0.25, 0.3) is 0 Å². The maximum Gasteiger partial charge on any atom is 0.193 e. The number of aliphatic imine (C=N–C) groups is 1. The molecule has 7 heteroatoms. The molecule has 150 valence electrons. The molecular formula is C20H34N6S. The van der Waals surface area contributed by atoms with Crippen molar-refractivity contribution in [3.05, 3.63) is 23.9 Å². The summed E-state index contributed by atoms with van der Waals surface area (Å²) in [6.07, 6.45) is 1.93. The van der Waals surface area contributed by atoms with Crippen molar-refractivity contribution in [2.45, 2.75) is 25.6 Å². The highest BCUT2D eigenvalue weighted by molar-refractivity contribution is 8.00. The highest BCUT2D eigenvalue weighted by atomic mass is 32.2. The Balaban J connectivity index is 1.58. The lowest BCUT2D eigenvalue weighted by atomic mass is 10.1. The molecule has 1 atom stereocenters. The Bertz CT molecular complexity index is 627. The predicted molar refractivity (Wildman–Crippen MR) is 117 cm³/mol. The molecule has 1 aromatic rings. The number of piperazine rings is 1. The number of hydrogen-bond acceptors (Lipinski definition) is 5. The summed E-state index contributed by atoms with van der Waals surface area (Å²) in [5.74, 6) is 3.97. The fourth-order valence-electron chi connectivity index (χ4n) is 3.56. The molecule has 0 spiro atoms. The second kappa shape index (κ2) is 9.64. The third-order valence-electron chi connectivity index (χ3n) is 5.44. The topological polar surface area (TPSA) is 47.0 Å². The Morgan fingerprint density at radius 1 is 1.30 bits per heavy atom. The first-order valence-electron chi connectivity index (χ1n) is 10.0. The molecule has 1 unspecified atom stereocenters. The molecule has 0 aliphatic carbocycles. The van der Waals surface area contributed by atoms with E-state index < -0.39 is 0 Å². The van der Waals surface area contributed by atoms with Gasteiger partial charge in [0.15, 0.2) is 5.96 Å². The van der Waals surface area contributed by atoms with E-state index in [0.29, 0.717) is 11.2 Å². The van der Waals surface area contributed by atoms with Crippen LogP contribution in [0.1, 0.15) is 19.4 Å². The van der Waals surface area contributed by atoms with Crippen LogP contribution in [-0.2, 0) is 6.54 Å². The van der Waals surface area contributed by atoms with Crippen molar-refractivity contribution in [1.82, 2.24) is 20.1 Å². The molecule has 3 heterocycles. The van der Waals surface area contributed by atoms with Gasteiger partial charge in [-0.15, -0.1) is 0 Å². The Labute approximate surface area is 168 Å². The van der Waals surface area contributed by atoms with Crippen LogP contribution >= 0.6 is 11.8 Å². The van der Waals surface area contributed by atoms with E-state index in [0.717, 1.165) is 57.6 Å². The Morgan fingerprint density at radius 3 is 2.78 bits per heavy atom. The fourth-order valence-corrected chi connectivity index (χ4v) is 4.86. The van der Waals surface area contributed by atoms with E-state index in [9.17, 15) is 0 Å². The third-order valence-corrected chi connectivity index (χ3v) is 6.98. The Hall–Kier alpha value is -1.47. The molecule has 2 aliphatic rings. The van der Waals surface area contributed by atoms with Crippen molar-refractivity contribution in [3.63, 3.8) is 0 Å². The first kappa shape index (κ1) is 20.3. The van der Waals surface area contributed by atoms with Crippen molar-refractivity contribution in [1.29, 1.82) is 0 Å². The summed E-state index contributed by atoms with van der Waals surface area (Å²) in [6.45, 7) is 11.8. The van der Waals surface area contributed by atoms with Gasteiger partial charge in [-0.3, -0.25) is 4.99 Å². The van der Waals surface area contributed by atoms with Gasteiger partial charge in [-0.05, 0) is 30.7 Å². The molecule has 0 radical (unpaired) electrons. The average molecular weight is 391 g/mol. The van der Waals surface area contributed by atoms with Gasteiger partial charge < -0.3 is 20.0 Å². The first-order chi connectivity index (χ1) is 13.1. The molecule has 27 heavy (non-hydrogen) atoms. The summed E-state index contributed by atoms with van der Waals surface area (Å²) in [4.78, 5) is 16.3. The smallest absolute Gasteiger partial charge is 0.193 e. The highest BCUT2D eigenvalue weighted by Crippen LogP contribution is 2.25. The number of guanidine groups is 1. The van der Waals surface area contributed by atoms with E-state index >= 15 is 0 Å². The number of rotatable bonds is 4. The summed E-state index contributed by atoms with van der Waals surface area (Å²) in [6, 6.07) is 4.32. The average Bonchev–Trinajstić information content (AvgIpc) is 2.69. The summed E-state index contributed by atoms with van der Waals surface area (Å²) in [5, 5.41) is 4.25. The van der Waals surface area contributed by atoms with E-state index in [1.54, 1.807) is 0 Å². The van der Waals surface area contributed by atoms with E-state index in [2.05, 4.69) is 74.8 Å². The van der Waals surface area contributed by atoms with Crippen LogP contribution < -0.4 is 10.2 Å². The van der Waals surface area contributed by atoms with Crippen molar-refractivity contribution in [3.8, 4) is 0 Å². The van der Waals surface area contributed by atoms with Crippen LogP contribution in [0.15, 0.2) is 23.3 Å². The maximum absolute atomic E-state index is 4.59. The maximum atomic E-state index is 4.59. The normalized spacial score (nSPS) is 22.4. The van der Waals surface area contributed by atoms with Gasteiger partial charge in [-0.1, -0.05) is 13.8 Å². The molecule has 0 bridgehead atoms. The lowest BCUT2D eigenvalue weighted by molar-refractivity contribution is 0.312. The quantitative estimate of drug-likeness (QED) is 0.627. The number of nitrogens with one attached hydrogen (secondary N) is 1. The third kappa shape index (κ3) is 5.51. The standard InChI is InChI=1S/C20H34N6S/c1-16(2)18-15-26(11-12-27-18)20(21-3)23-14-17-5-6-22-19(13-17)25-9-7-24(4)8-10-25/h5-6,13,16,18H,7-12,14-15H2,1-4H3,(H,21,23). The molecular weight excluding hydrogens is 356 g/mol. The molecule has 6 nitrogen and oxygen atoms in total. The molecule has 0 saturated carbocycles. The van der Waals surface area contributed by atoms with Crippen molar-refractivity contribution < 1.29 is 0 Å². The summed E-state index contributed by atoms with van der Waals surface area (Å²) in [5.41, 5.74) is 1.26. The van der Waals surface area contributed by atoms with Gasteiger partial charge in [0.1, 0.15) is 5.82 Å². The zero-order chi connectivity index (χ0) is 19.2. The lowest BCUT2D eigenvalue weighted by Gasteiger charge is -2.36. The minimum absolute atomic E-state index is 0.682. The number of nitrogens with zero attached hydrogens (tertiary/aromatic N) is 5. The van der Waals surface area contributed by atoms with Gasteiger partial charge in [0, 0.05) is 70.1 Å². The molecule has 0 amide bonds. The van der Waals surface area contributed by atoms with Crippen molar-refractivity contribution >= 4 is 23.5 Å². The monoisotopic (exact) mass is 390 g/mol. The predicted octanol–water partition coefficient (Wildman–Crippen LogP) is 1.98. The lowest BCUT2D eigenvalue weighted by Crippen LogP contribution is -2.48.